The molecular weight excluding hydrogens is 454 g/mol. The SMILES string of the molecule is CC(NC(=O)c1cnn2ccc(-c3c[nH]c4nc(NCC5(F)CCC5)ncc34)cc12)C(F)(F)F. The Morgan fingerprint density at radius 2 is 2.12 bits per heavy atom. The average Bonchev–Trinajstić information content (AvgIpc) is 3.39. The van der Waals surface area contributed by atoms with Crippen LogP contribution in [0.15, 0.2) is 36.9 Å². The Morgan fingerprint density at radius 3 is 2.82 bits per heavy atom. The normalized spacial score (nSPS) is 16.4. The van der Waals surface area contributed by atoms with Crippen LogP contribution in [-0.2, 0) is 0 Å². The van der Waals surface area contributed by atoms with Gasteiger partial charge in [0.05, 0.1) is 23.8 Å². The van der Waals surface area contributed by atoms with Crippen LogP contribution in [0, 0.1) is 0 Å². The number of carbonyl (C=O) groups is 1. The molecule has 3 N–H and O–H groups in total. The fourth-order valence-electron chi connectivity index (χ4n) is 3.89. The van der Waals surface area contributed by atoms with Crippen molar-refractivity contribution in [2.75, 3.05) is 11.9 Å². The number of nitrogens with one attached hydrogen (secondary N) is 3. The average molecular weight is 475 g/mol. The number of fused-ring (bicyclic) bond motifs is 2. The summed E-state index contributed by atoms with van der Waals surface area (Å²) in [5.74, 6) is -0.555. The fourth-order valence-corrected chi connectivity index (χ4v) is 3.89. The number of aromatic nitrogens is 5. The summed E-state index contributed by atoms with van der Waals surface area (Å²) in [6.45, 7) is 1.03. The van der Waals surface area contributed by atoms with Crippen LogP contribution in [0.2, 0.25) is 0 Å². The van der Waals surface area contributed by atoms with Gasteiger partial charge < -0.3 is 15.6 Å². The Balaban J connectivity index is 1.42. The van der Waals surface area contributed by atoms with Crippen LogP contribution in [0.25, 0.3) is 27.7 Å². The highest BCUT2D eigenvalue weighted by atomic mass is 19.4. The van der Waals surface area contributed by atoms with Gasteiger partial charge in [0.2, 0.25) is 5.95 Å². The van der Waals surface area contributed by atoms with Gasteiger partial charge in [-0.15, -0.1) is 0 Å². The van der Waals surface area contributed by atoms with Gasteiger partial charge in [-0.3, -0.25) is 4.79 Å². The third-order valence-corrected chi connectivity index (χ3v) is 6.16. The monoisotopic (exact) mass is 475 g/mol. The van der Waals surface area contributed by atoms with Crippen LogP contribution in [0.4, 0.5) is 23.5 Å². The number of carbonyl (C=O) groups excluding carboxylic acids is 1. The van der Waals surface area contributed by atoms with Crippen LogP contribution in [0.5, 0.6) is 0 Å². The molecule has 1 aliphatic carbocycles. The number of H-pyrrole nitrogens is 1. The molecule has 1 amide bonds. The quantitative estimate of drug-likeness (QED) is 0.362. The standard InChI is InChI=1S/C22H21F4N7O/c1-12(22(24,25)26)31-19(34)16-10-30-33-6-3-13(7-17(16)33)14-8-27-18-15(14)9-28-20(32-18)29-11-21(23)4-2-5-21/h3,6-10,12H,2,4-5,11H2,1H3,(H,31,34)(H2,27,28,29,32). The summed E-state index contributed by atoms with van der Waals surface area (Å²) in [5.41, 5.74) is 1.14. The number of hydrogen-bond acceptors (Lipinski definition) is 5. The highest BCUT2D eigenvalue weighted by molar-refractivity contribution is 6.02. The lowest BCUT2D eigenvalue weighted by Crippen LogP contribution is -2.43. The predicted molar refractivity (Wildman–Crippen MR) is 117 cm³/mol. The molecular formula is C22H21F4N7O. The number of nitrogens with zero attached hydrogens (tertiary/aromatic N) is 4. The van der Waals surface area contributed by atoms with Crippen molar-refractivity contribution >= 4 is 28.4 Å². The van der Waals surface area contributed by atoms with E-state index in [9.17, 15) is 22.4 Å². The molecule has 4 heterocycles. The summed E-state index contributed by atoms with van der Waals surface area (Å²) in [7, 11) is 0. The molecule has 0 aromatic carbocycles. The number of amides is 1. The lowest BCUT2D eigenvalue weighted by atomic mass is 9.82. The van der Waals surface area contributed by atoms with Gasteiger partial charge in [-0.25, -0.2) is 13.9 Å². The minimum Gasteiger partial charge on any atom is -0.351 e. The Morgan fingerprint density at radius 1 is 1.32 bits per heavy atom. The first-order valence-electron chi connectivity index (χ1n) is 10.8. The first-order chi connectivity index (χ1) is 16.1. The molecule has 1 atom stereocenters. The van der Waals surface area contributed by atoms with E-state index in [0.717, 1.165) is 18.9 Å². The highest BCUT2D eigenvalue weighted by Crippen LogP contribution is 2.36. The summed E-state index contributed by atoms with van der Waals surface area (Å²) in [5, 5.41) is 9.66. The van der Waals surface area contributed by atoms with E-state index >= 15 is 0 Å². The molecule has 1 saturated carbocycles. The third kappa shape index (κ3) is 4.03. The van der Waals surface area contributed by atoms with E-state index in [4.69, 9.17) is 0 Å². The first-order valence-corrected chi connectivity index (χ1v) is 10.8. The van der Waals surface area contributed by atoms with Crippen molar-refractivity contribution in [2.45, 2.75) is 44.1 Å². The van der Waals surface area contributed by atoms with Gasteiger partial charge in [0.15, 0.2) is 0 Å². The van der Waals surface area contributed by atoms with Crippen LogP contribution >= 0.6 is 0 Å². The number of hydrogen-bond donors (Lipinski definition) is 3. The van der Waals surface area contributed by atoms with E-state index in [-0.39, 0.29) is 12.1 Å². The molecule has 0 radical (unpaired) electrons. The second kappa shape index (κ2) is 7.96. The maximum Gasteiger partial charge on any atom is 0.408 e. The number of halogens is 4. The molecule has 4 aromatic rings. The summed E-state index contributed by atoms with van der Waals surface area (Å²) in [4.78, 5) is 24.2. The second-order valence-electron chi connectivity index (χ2n) is 8.56. The van der Waals surface area contributed by atoms with Crippen molar-refractivity contribution in [1.82, 2.24) is 29.9 Å². The first kappa shape index (κ1) is 22.1. The van der Waals surface area contributed by atoms with Crippen molar-refractivity contribution in [3.8, 4) is 11.1 Å². The number of pyridine rings is 1. The minimum absolute atomic E-state index is 0.0247. The van der Waals surface area contributed by atoms with Gasteiger partial charge in [-0.1, -0.05) is 0 Å². The van der Waals surface area contributed by atoms with Crippen molar-refractivity contribution in [2.24, 2.45) is 0 Å². The molecule has 178 valence electrons. The molecule has 1 unspecified atom stereocenters. The van der Waals surface area contributed by atoms with Crippen molar-refractivity contribution in [3.63, 3.8) is 0 Å². The fraction of sp³-hybridized carbons (Fsp3) is 0.364. The Bertz CT molecular complexity index is 1370. The summed E-state index contributed by atoms with van der Waals surface area (Å²) in [6.07, 6.45) is 3.56. The van der Waals surface area contributed by atoms with Gasteiger partial charge >= 0.3 is 6.18 Å². The number of anilines is 1. The summed E-state index contributed by atoms with van der Waals surface area (Å²) >= 11 is 0. The lowest BCUT2D eigenvalue weighted by molar-refractivity contribution is -0.149. The molecule has 1 aliphatic rings. The number of alkyl halides is 4. The van der Waals surface area contributed by atoms with Gasteiger partial charge in [-0.05, 0) is 43.9 Å². The van der Waals surface area contributed by atoms with Gasteiger partial charge in [0.25, 0.3) is 5.91 Å². The van der Waals surface area contributed by atoms with E-state index < -0.39 is 23.8 Å². The maximum atomic E-state index is 14.2. The van der Waals surface area contributed by atoms with Crippen LogP contribution in [0.3, 0.4) is 0 Å². The summed E-state index contributed by atoms with van der Waals surface area (Å²) in [6, 6.07) is 1.43. The molecule has 12 heteroatoms. The minimum atomic E-state index is -4.55. The van der Waals surface area contributed by atoms with Crippen molar-refractivity contribution < 1.29 is 22.4 Å². The maximum absolute atomic E-state index is 14.2. The summed E-state index contributed by atoms with van der Waals surface area (Å²) < 4.78 is 54.2. The second-order valence-corrected chi connectivity index (χ2v) is 8.56. The molecule has 0 spiro atoms. The molecule has 8 nitrogen and oxygen atoms in total. The Kier molecular flexibility index (Phi) is 5.18. The molecule has 5 rings (SSSR count). The molecule has 0 aliphatic heterocycles. The van der Waals surface area contributed by atoms with Crippen LogP contribution in [0.1, 0.15) is 36.5 Å². The van der Waals surface area contributed by atoms with E-state index in [2.05, 4.69) is 25.4 Å². The van der Waals surface area contributed by atoms with Crippen molar-refractivity contribution in [1.29, 1.82) is 0 Å². The van der Waals surface area contributed by atoms with Gasteiger partial charge in [0.1, 0.15) is 17.4 Å². The number of aromatic amines is 1. The highest BCUT2D eigenvalue weighted by Gasteiger charge is 2.38. The van der Waals surface area contributed by atoms with Gasteiger partial charge in [0, 0.05) is 29.5 Å². The third-order valence-electron chi connectivity index (χ3n) is 6.16. The lowest BCUT2D eigenvalue weighted by Gasteiger charge is -2.33. The van der Waals surface area contributed by atoms with Crippen molar-refractivity contribution in [3.05, 3.63) is 42.5 Å². The zero-order chi connectivity index (χ0) is 24.1. The molecule has 0 bridgehead atoms. The zero-order valence-corrected chi connectivity index (χ0v) is 18.1. The van der Waals surface area contributed by atoms with E-state index in [1.165, 1.54) is 10.7 Å². The predicted octanol–water partition coefficient (Wildman–Crippen LogP) is 4.26. The Hall–Kier alpha value is -3.70. The molecule has 0 saturated heterocycles. The van der Waals surface area contributed by atoms with Crippen LogP contribution in [-0.4, -0.2) is 54.9 Å². The van der Waals surface area contributed by atoms with E-state index in [1.807, 2.05) is 5.32 Å². The Labute approximate surface area is 190 Å². The molecule has 1 fully saturated rings. The molecule has 4 aromatic heterocycles. The number of rotatable bonds is 6. The van der Waals surface area contributed by atoms with Gasteiger partial charge in [-0.2, -0.15) is 23.3 Å². The molecule has 34 heavy (non-hydrogen) atoms. The largest absolute Gasteiger partial charge is 0.408 e. The van der Waals surface area contributed by atoms with Crippen LogP contribution < -0.4 is 10.6 Å². The van der Waals surface area contributed by atoms with E-state index in [1.54, 1.807) is 30.7 Å². The zero-order valence-electron chi connectivity index (χ0n) is 18.1. The van der Waals surface area contributed by atoms with E-state index in [0.29, 0.717) is 40.9 Å². The smallest absolute Gasteiger partial charge is 0.351 e. The topological polar surface area (TPSA) is 100 Å².